The Bertz CT molecular complexity index is 1080. The van der Waals surface area contributed by atoms with Crippen LogP contribution in [0.1, 0.15) is 51.4 Å². The molecule has 0 aromatic heterocycles. The Labute approximate surface area is 468 Å². The van der Waals surface area contributed by atoms with E-state index in [-0.39, 0.29) is 77.8 Å². The van der Waals surface area contributed by atoms with Crippen LogP contribution in [-0.2, 0) is 47.8 Å². The van der Waals surface area contributed by atoms with Gasteiger partial charge in [0.25, 0.3) is 0 Å². The zero-order valence-electron chi connectivity index (χ0n) is 40.1. The Hall–Kier alpha value is -1.84. The first-order valence-electron chi connectivity index (χ1n) is 20.7. The molecule has 0 aromatic carbocycles. The van der Waals surface area contributed by atoms with Gasteiger partial charge in [0, 0.05) is 46.0 Å². The van der Waals surface area contributed by atoms with Crippen LogP contribution in [0.3, 0.4) is 0 Å². The normalized spacial score (nSPS) is 9.97. The van der Waals surface area contributed by atoms with Crippen LogP contribution in [0.4, 0.5) is 0 Å². The van der Waals surface area contributed by atoms with Crippen LogP contribution in [0, 0.1) is 16.2 Å². The lowest BCUT2D eigenvalue weighted by atomic mass is 9.90. The Balaban J connectivity index is -0.000000100. The lowest BCUT2D eigenvalue weighted by Crippen LogP contribution is -2.45. The predicted molar refractivity (Wildman–Crippen MR) is 294 cm³/mol. The fourth-order valence-electron chi connectivity index (χ4n) is 2.58. The van der Waals surface area contributed by atoms with Gasteiger partial charge >= 0.3 is 47.8 Å². The summed E-state index contributed by atoms with van der Waals surface area (Å²) < 4.78 is 10.7. The van der Waals surface area contributed by atoms with E-state index >= 15 is 0 Å². The SMILES string of the molecule is O=C(O)CCS.O=C(O)CCS.O=C(O)CCS.O=C(O)CCS.O=C(O)CCS.O=C(O)CCS.O=C(O)CCS.O=C(O)CCS.OCC(CO)(CO)COCC(CO)(CO)COCC(CO)(CO)CO. The van der Waals surface area contributed by atoms with E-state index in [0.717, 1.165) is 0 Å². The number of carboxylic acids is 8. The summed E-state index contributed by atoms with van der Waals surface area (Å²) in [5.74, 6) is -2.89. The van der Waals surface area contributed by atoms with Crippen molar-refractivity contribution in [3.63, 3.8) is 0 Å². The van der Waals surface area contributed by atoms with Crippen LogP contribution in [0.25, 0.3) is 0 Å². The second kappa shape index (κ2) is 68.2. The Morgan fingerprint density at radius 3 is 0.425 bits per heavy atom. The van der Waals surface area contributed by atoms with Crippen LogP contribution in [0.15, 0.2) is 0 Å². The summed E-state index contributed by atoms with van der Waals surface area (Å²) in [4.78, 5) is 76.4. The third kappa shape index (κ3) is 84.4. The van der Waals surface area contributed by atoms with Crippen molar-refractivity contribution in [2.45, 2.75) is 51.4 Å². The van der Waals surface area contributed by atoms with E-state index in [9.17, 15) is 79.2 Å². The first kappa shape index (κ1) is 90.7. The fraction of sp³-hybridized carbons (Fsp3) is 0.795. The molecule has 0 atom stereocenters. The van der Waals surface area contributed by atoms with E-state index in [1.165, 1.54) is 0 Å². The number of aliphatic carboxylic acids is 8. The maximum absolute atomic E-state index is 9.56. The Kier molecular flexibility index (Phi) is 84.7. The van der Waals surface area contributed by atoms with Crippen molar-refractivity contribution in [2.24, 2.45) is 16.2 Å². The average molecular weight is 1220 g/mol. The molecule has 0 bridgehead atoms. The van der Waals surface area contributed by atoms with Crippen LogP contribution >= 0.6 is 101 Å². The summed E-state index contributed by atoms with van der Waals surface area (Å²) in [5.41, 5.74) is -3.69. The molecule has 0 saturated carbocycles. The van der Waals surface area contributed by atoms with Gasteiger partial charge in [-0.1, -0.05) is 0 Å². The monoisotopic (exact) mass is 1220 g/mol. The average Bonchev–Trinajstić information content (AvgIpc) is 3.30. The summed E-state index contributed by atoms with van der Waals surface area (Å²) in [6, 6.07) is 0. The molecule has 0 radical (unpaired) electrons. The van der Waals surface area contributed by atoms with Gasteiger partial charge in [0.05, 0.1) is 147 Å². The van der Waals surface area contributed by atoms with E-state index in [4.69, 9.17) is 50.3 Å². The van der Waals surface area contributed by atoms with Crippen LogP contribution in [0.2, 0.25) is 0 Å². The first-order valence-corrected chi connectivity index (χ1v) is 25.8. The van der Waals surface area contributed by atoms with Crippen molar-refractivity contribution in [3.8, 4) is 0 Å². The van der Waals surface area contributed by atoms with E-state index in [1.54, 1.807) is 0 Å². The molecule has 0 aliphatic carbocycles. The molecule has 0 spiro atoms. The van der Waals surface area contributed by atoms with Gasteiger partial charge in [0.2, 0.25) is 0 Å². The highest BCUT2D eigenvalue weighted by atomic mass is 32.1. The van der Waals surface area contributed by atoms with E-state index < -0.39 is 117 Å². The Morgan fingerprint density at radius 2 is 0.356 bits per heavy atom. The van der Waals surface area contributed by atoms with E-state index in [1.807, 2.05) is 0 Å². The zero-order chi connectivity index (χ0) is 59.3. The minimum atomic E-state index is -1.24. The molecule has 16 N–H and O–H groups in total. The number of carboxylic acid groups (broad SMARTS) is 8. The van der Waals surface area contributed by atoms with Crippen LogP contribution in [0.5, 0.6) is 0 Å². The number of aliphatic hydroxyl groups is 8. The maximum Gasteiger partial charge on any atom is 0.304 e. The van der Waals surface area contributed by atoms with Gasteiger partial charge < -0.3 is 91.2 Å². The number of carbonyl (C=O) groups is 8. The van der Waals surface area contributed by atoms with Gasteiger partial charge in [0.1, 0.15) is 0 Å². The van der Waals surface area contributed by atoms with Gasteiger partial charge in [-0.3, -0.25) is 38.4 Å². The summed E-state index contributed by atoms with van der Waals surface area (Å²) in [6.45, 7) is -4.82. The number of aliphatic hydroxyl groups excluding tert-OH is 8. The standard InChI is InChI=1S/C15H32O10.8C3H6O2S/c16-1-13(2-17,3-18)9-24-11-15(7-22,8-23)12-25-10-14(4-19,5-20)6-21;8*4-3(5)1-2-6/h16-23H,1-12H2;8*6H,1-2H2,(H,4,5). The molecule has 0 aromatic rings. The predicted octanol–water partition coefficient (Wildman–Crippen LogP) is -0.956. The van der Waals surface area contributed by atoms with Crippen molar-refractivity contribution in [1.82, 2.24) is 0 Å². The number of hydrogen-bond acceptors (Lipinski definition) is 26. The van der Waals surface area contributed by atoms with Crippen molar-refractivity contribution < 1.29 is 130 Å². The lowest BCUT2D eigenvalue weighted by Gasteiger charge is -2.34. The molecule has 0 aliphatic rings. The summed E-state index contributed by atoms with van der Waals surface area (Å²) in [7, 11) is 0. The lowest BCUT2D eigenvalue weighted by molar-refractivity contribution is -0.137. The maximum atomic E-state index is 9.56. The molecule has 0 aliphatic heterocycles. The highest BCUT2D eigenvalue weighted by Crippen LogP contribution is 2.23. The van der Waals surface area contributed by atoms with Crippen molar-refractivity contribution in [1.29, 1.82) is 0 Å². The molecule has 0 fully saturated rings. The molecule has 34 heteroatoms. The van der Waals surface area contributed by atoms with Crippen LogP contribution in [-0.4, -0.2) is 255 Å². The number of hydrogen-bond donors (Lipinski definition) is 24. The summed E-state index contributed by atoms with van der Waals surface area (Å²) in [6.07, 6.45) is 1.25. The number of ether oxygens (including phenoxy) is 2. The molecule has 0 heterocycles. The number of rotatable bonds is 32. The third-order valence-electron chi connectivity index (χ3n) is 6.92. The first-order chi connectivity index (χ1) is 34.1. The van der Waals surface area contributed by atoms with Crippen molar-refractivity contribution in [2.75, 3.05) is 125 Å². The molecular weight excluding hydrogens is 1140 g/mol. The second-order valence-electron chi connectivity index (χ2n) is 13.7. The van der Waals surface area contributed by atoms with Gasteiger partial charge in [-0.25, -0.2) is 0 Å². The van der Waals surface area contributed by atoms with E-state index in [2.05, 4.69) is 101 Å². The summed E-state index contributed by atoms with van der Waals surface area (Å²) >= 11 is 29.4. The molecule has 0 saturated heterocycles. The Morgan fingerprint density at radius 1 is 0.247 bits per heavy atom. The quantitative estimate of drug-likeness (QED) is 0.0361. The van der Waals surface area contributed by atoms with Crippen LogP contribution < -0.4 is 0 Å². The van der Waals surface area contributed by atoms with Gasteiger partial charge in [0.15, 0.2) is 0 Å². The van der Waals surface area contributed by atoms with Crippen molar-refractivity contribution >= 4 is 149 Å². The highest BCUT2D eigenvalue weighted by Gasteiger charge is 2.35. The van der Waals surface area contributed by atoms with Gasteiger partial charge in [-0.05, 0) is 0 Å². The van der Waals surface area contributed by atoms with Crippen molar-refractivity contribution in [3.05, 3.63) is 0 Å². The smallest absolute Gasteiger partial charge is 0.304 e. The van der Waals surface area contributed by atoms with Gasteiger partial charge in [-0.2, -0.15) is 101 Å². The minimum Gasteiger partial charge on any atom is -0.481 e. The molecule has 26 nitrogen and oxygen atoms in total. The zero-order valence-corrected chi connectivity index (χ0v) is 47.3. The highest BCUT2D eigenvalue weighted by molar-refractivity contribution is 7.81. The molecule has 0 rings (SSSR count). The third-order valence-corrected chi connectivity index (χ3v) is 8.71. The summed E-state index contributed by atoms with van der Waals surface area (Å²) in [5, 5.41) is 137. The second-order valence-corrected chi connectivity index (χ2v) is 17.3. The molecule has 0 amide bonds. The topological polar surface area (TPSA) is 479 Å². The largest absolute Gasteiger partial charge is 0.481 e. The molecule has 73 heavy (non-hydrogen) atoms. The number of thiol groups is 8. The molecule has 440 valence electrons. The molecular formula is C39H80O26S8. The minimum absolute atomic E-state index is 0.156. The fourth-order valence-corrected chi connectivity index (χ4v) is 4.11. The van der Waals surface area contributed by atoms with E-state index in [0.29, 0.717) is 46.0 Å². The molecule has 0 unspecified atom stereocenters. The van der Waals surface area contributed by atoms with Gasteiger partial charge in [-0.15, -0.1) is 0 Å².